The Bertz CT molecular complexity index is 1270. The molecule has 0 aliphatic rings. The van der Waals surface area contributed by atoms with Crippen LogP contribution < -0.4 is 0 Å². The third-order valence-electron chi connectivity index (χ3n) is 4.92. The van der Waals surface area contributed by atoms with Gasteiger partial charge in [-0.05, 0) is 37.1 Å². The fourth-order valence-electron chi connectivity index (χ4n) is 3.62. The van der Waals surface area contributed by atoms with Crippen LogP contribution in [0.25, 0.3) is 39.6 Å². The summed E-state index contributed by atoms with van der Waals surface area (Å²) in [5.41, 5.74) is 6.78. The first-order valence-corrected chi connectivity index (χ1v) is 9.19. The van der Waals surface area contributed by atoms with Gasteiger partial charge in [-0.2, -0.15) is 0 Å². The zero-order valence-electron chi connectivity index (χ0n) is 16.0. The van der Waals surface area contributed by atoms with Gasteiger partial charge in [0.05, 0.1) is 11.4 Å². The maximum absolute atomic E-state index is 6.02. The van der Waals surface area contributed by atoms with Crippen LogP contribution in [-0.4, -0.2) is 14.5 Å². The van der Waals surface area contributed by atoms with Crippen LogP contribution in [0.5, 0.6) is 0 Å². The summed E-state index contributed by atoms with van der Waals surface area (Å²) in [6.45, 7) is 4.22. The van der Waals surface area contributed by atoms with Crippen molar-refractivity contribution in [2.24, 2.45) is 0 Å². The van der Waals surface area contributed by atoms with Crippen molar-refractivity contribution in [2.75, 3.05) is 0 Å². The number of imidazole rings is 1. The van der Waals surface area contributed by atoms with E-state index in [0.29, 0.717) is 5.89 Å². The molecule has 0 amide bonds. The normalized spacial score (nSPS) is 10.8. The molecule has 2 aromatic heterocycles. The predicted molar refractivity (Wildman–Crippen MR) is 110 cm³/mol. The van der Waals surface area contributed by atoms with Crippen LogP contribution in [0.3, 0.4) is 0 Å². The molecule has 3 aromatic carbocycles. The smallest absolute Gasteiger partial charge is 0.215 e. The molecule has 0 saturated carbocycles. The summed E-state index contributed by atoms with van der Waals surface area (Å²) < 4.78 is 8.12. The number of hydrogen-bond acceptors (Lipinski definition) is 3. The van der Waals surface area contributed by atoms with Crippen molar-refractivity contribution in [3.8, 4) is 28.5 Å². The van der Waals surface area contributed by atoms with Gasteiger partial charge in [0.25, 0.3) is 0 Å². The number of hydrogen-bond donors (Lipinski definition) is 0. The zero-order valence-corrected chi connectivity index (χ0v) is 18.4. The molecular weight excluding hydrogens is 539 g/mol. The first-order valence-electron chi connectivity index (χ1n) is 9.19. The number of aromatic nitrogens is 3. The van der Waals surface area contributed by atoms with Crippen LogP contribution in [0.1, 0.15) is 11.1 Å². The third-order valence-corrected chi connectivity index (χ3v) is 4.92. The monoisotopic (exact) mass is 557 g/mol. The Balaban J connectivity index is 0.00000205. The number of nitrogens with zero attached hydrogens (tertiary/aromatic N) is 3. The minimum atomic E-state index is 0. The van der Waals surface area contributed by atoms with Gasteiger partial charge < -0.3 is 8.98 Å². The van der Waals surface area contributed by atoms with E-state index in [1.807, 2.05) is 54.9 Å². The topological polar surface area (TPSA) is 43.9 Å². The molecular formula is C24H18IrN3O-. The van der Waals surface area contributed by atoms with Crippen LogP contribution in [-0.2, 0) is 20.1 Å². The predicted octanol–water partition coefficient (Wildman–Crippen LogP) is 5.76. The van der Waals surface area contributed by atoms with Crippen molar-refractivity contribution in [1.29, 1.82) is 0 Å². The molecule has 0 bridgehead atoms. The van der Waals surface area contributed by atoms with Gasteiger partial charge in [-0.1, -0.05) is 48.0 Å². The average Bonchev–Trinajstić information content (AvgIpc) is 3.35. The number of benzene rings is 3. The van der Waals surface area contributed by atoms with Crippen molar-refractivity contribution < 1.29 is 24.5 Å². The fraction of sp³-hybridized carbons (Fsp3) is 0.0833. The first-order chi connectivity index (χ1) is 13.7. The first kappa shape index (κ1) is 19.3. The molecule has 4 nitrogen and oxygen atoms in total. The zero-order chi connectivity index (χ0) is 19.1. The number of fused-ring (bicyclic) bond motifs is 1. The van der Waals surface area contributed by atoms with Crippen molar-refractivity contribution in [3.05, 3.63) is 90.3 Å². The second-order valence-corrected chi connectivity index (χ2v) is 6.81. The largest absolute Gasteiger partial charge is 0.457 e. The summed E-state index contributed by atoms with van der Waals surface area (Å²) in [6, 6.07) is 23.3. The third kappa shape index (κ3) is 3.33. The Kier molecular flexibility index (Phi) is 5.18. The van der Waals surface area contributed by atoms with Crippen molar-refractivity contribution in [3.63, 3.8) is 0 Å². The Morgan fingerprint density at radius 3 is 2.45 bits per heavy atom. The van der Waals surface area contributed by atoms with Gasteiger partial charge in [0.15, 0.2) is 0 Å². The number of aryl methyl sites for hydroxylation is 2. The van der Waals surface area contributed by atoms with Crippen LogP contribution in [0.15, 0.2) is 77.5 Å². The number of para-hydroxylation sites is 1. The maximum Gasteiger partial charge on any atom is 0.215 e. The molecule has 0 aliphatic heterocycles. The minimum Gasteiger partial charge on any atom is -0.457 e. The summed E-state index contributed by atoms with van der Waals surface area (Å²) in [5.74, 6) is 1.40. The van der Waals surface area contributed by atoms with E-state index in [0.717, 1.165) is 33.7 Å². The molecule has 0 saturated heterocycles. The van der Waals surface area contributed by atoms with Gasteiger partial charge in [-0.25, -0.2) is 0 Å². The summed E-state index contributed by atoms with van der Waals surface area (Å²) in [5, 5.41) is 0. The van der Waals surface area contributed by atoms with Gasteiger partial charge in [-0.3, -0.25) is 9.97 Å². The molecule has 0 atom stereocenters. The van der Waals surface area contributed by atoms with E-state index in [1.165, 1.54) is 11.1 Å². The second kappa shape index (κ2) is 7.78. The van der Waals surface area contributed by atoms with Crippen molar-refractivity contribution in [1.82, 2.24) is 14.5 Å². The van der Waals surface area contributed by atoms with E-state index in [4.69, 9.17) is 9.40 Å². The molecule has 0 unspecified atom stereocenters. The van der Waals surface area contributed by atoms with Crippen LogP contribution in [0.4, 0.5) is 0 Å². The molecule has 0 N–H and O–H groups in total. The molecule has 0 fully saturated rings. The van der Waals surface area contributed by atoms with Crippen LogP contribution >= 0.6 is 0 Å². The summed E-state index contributed by atoms with van der Waals surface area (Å²) in [4.78, 5) is 9.39. The molecule has 5 aromatic rings. The average molecular weight is 557 g/mol. The SMILES string of the molecule is Cc1cccc(C)c1-n1ccnc1-c1[c-]ccc2oc(-c3ccccc3)nc12.[Ir]. The van der Waals surface area contributed by atoms with Crippen molar-refractivity contribution >= 4 is 11.1 Å². The molecule has 5 heteroatoms. The van der Waals surface area contributed by atoms with E-state index in [-0.39, 0.29) is 20.1 Å². The molecule has 1 radical (unpaired) electrons. The number of oxazole rings is 1. The molecule has 0 spiro atoms. The maximum atomic E-state index is 6.02. The molecule has 145 valence electrons. The van der Waals surface area contributed by atoms with Crippen LogP contribution in [0, 0.1) is 19.9 Å². The van der Waals surface area contributed by atoms with Gasteiger partial charge >= 0.3 is 0 Å². The molecule has 29 heavy (non-hydrogen) atoms. The fourth-order valence-corrected chi connectivity index (χ4v) is 3.62. The van der Waals surface area contributed by atoms with E-state index in [2.05, 4.69) is 47.7 Å². The van der Waals surface area contributed by atoms with Gasteiger partial charge in [-0.15, -0.1) is 12.1 Å². The summed E-state index contributed by atoms with van der Waals surface area (Å²) in [6.07, 6.45) is 3.79. The molecule has 5 rings (SSSR count). The van der Waals surface area contributed by atoms with Gasteiger partial charge in [0, 0.05) is 49.3 Å². The Hall–Kier alpha value is -3.01. The van der Waals surface area contributed by atoms with E-state index in [1.54, 1.807) is 0 Å². The quantitative estimate of drug-likeness (QED) is 0.266. The van der Waals surface area contributed by atoms with Gasteiger partial charge in [0.2, 0.25) is 5.89 Å². The Morgan fingerprint density at radius 2 is 1.69 bits per heavy atom. The van der Waals surface area contributed by atoms with E-state index < -0.39 is 0 Å². The Morgan fingerprint density at radius 1 is 0.931 bits per heavy atom. The minimum absolute atomic E-state index is 0. The van der Waals surface area contributed by atoms with Crippen molar-refractivity contribution in [2.45, 2.75) is 13.8 Å². The summed E-state index contributed by atoms with van der Waals surface area (Å²) >= 11 is 0. The molecule has 2 heterocycles. The van der Waals surface area contributed by atoms with E-state index in [9.17, 15) is 0 Å². The summed E-state index contributed by atoms with van der Waals surface area (Å²) in [7, 11) is 0. The second-order valence-electron chi connectivity index (χ2n) is 6.81. The molecule has 0 aliphatic carbocycles. The standard InChI is InChI=1S/C24H18N3O.Ir/c1-16-8-6-9-17(2)22(16)27-15-14-25-23(27)19-12-7-13-20-21(19)26-24(28-20)18-10-4-3-5-11-18;/h3-11,13-15H,1-2H3;/q-1;. The number of rotatable bonds is 3. The Labute approximate surface area is 182 Å². The van der Waals surface area contributed by atoms with Gasteiger partial charge in [0.1, 0.15) is 0 Å². The van der Waals surface area contributed by atoms with Crippen LogP contribution in [0.2, 0.25) is 0 Å². The van der Waals surface area contributed by atoms with E-state index >= 15 is 0 Å².